The average molecular weight is 254 g/mol. The van der Waals surface area contributed by atoms with E-state index in [0.29, 0.717) is 11.6 Å². The van der Waals surface area contributed by atoms with Crippen molar-refractivity contribution in [1.29, 1.82) is 0 Å². The zero-order valence-electron chi connectivity index (χ0n) is 10.5. The monoisotopic (exact) mass is 253 g/mol. The first-order chi connectivity index (χ1) is 7.97. The number of hydrogen-bond donors (Lipinski definition) is 1. The van der Waals surface area contributed by atoms with Crippen LogP contribution in [0.2, 0.25) is 5.02 Å². The van der Waals surface area contributed by atoms with Crippen LogP contribution in [-0.2, 0) is 13.6 Å². The van der Waals surface area contributed by atoms with Crippen molar-refractivity contribution < 1.29 is 0 Å². The highest BCUT2D eigenvalue weighted by Gasteiger charge is 2.18. The molecule has 0 fully saturated rings. The van der Waals surface area contributed by atoms with Gasteiger partial charge in [0.2, 0.25) is 0 Å². The Bertz CT molecular complexity index is 567. The molecule has 2 heterocycles. The molecule has 0 atom stereocenters. The van der Waals surface area contributed by atoms with Crippen LogP contribution in [0, 0.1) is 20.8 Å². The van der Waals surface area contributed by atoms with Crippen LogP contribution in [0.3, 0.4) is 0 Å². The Labute approximate surface area is 105 Å². The van der Waals surface area contributed by atoms with Gasteiger partial charge in [-0.2, -0.15) is 10.2 Å². The molecular formula is C11H16ClN5. The first-order valence-electron chi connectivity index (χ1n) is 5.42. The second-order valence-corrected chi connectivity index (χ2v) is 4.49. The zero-order chi connectivity index (χ0) is 12.7. The van der Waals surface area contributed by atoms with Gasteiger partial charge in [-0.3, -0.25) is 4.68 Å². The van der Waals surface area contributed by atoms with Crippen LogP contribution in [0.1, 0.15) is 22.6 Å². The molecule has 2 N–H and O–H groups in total. The molecule has 5 nitrogen and oxygen atoms in total. The van der Waals surface area contributed by atoms with Crippen LogP contribution >= 0.6 is 11.6 Å². The van der Waals surface area contributed by atoms with E-state index in [0.717, 1.165) is 28.5 Å². The molecule has 92 valence electrons. The Morgan fingerprint density at radius 2 is 1.82 bits per heavy atom. The smallest absolute Gasteiger partial charge is 0.156 e. The maximum atomic E-state index is 6.16. The number of nitrogens with two attached hydrogens (primary N) is 1. The number of aryl methyl sites for hydroxylation is 3. The molecule has 0 unspecified atom stereocenters. The lowest BCUT2D eigenvalue weighted by Crippen LogP contribution is -2.10. The van der Waals surface area contributed by atoms with Gasteiger partial charge in [-0.15, -0.1) is 0 Å². The van der Waals surface area contributed by atoms with E-state index >= 15 is 0 Å². The number of aromatic nitrogens is 4. The molecule has 0 spiro atoms. The summed E-state index contributed by atoms with van der Waals surface area (Å²) in [7, 11) is 1.88. The minimum absolute atomic E-state index is 0.435. The molecular weight excluding hydrogens is 238 g/mol. The highest BCUT2D eigenvalue weighted by molar-refractivity contribution is 6.31. The fraction of sp³-hybridized carbons (Fsp3) is 0.455. The molecule has 2 rings (SSSR count). The van der Waals surface area contributed by atoms with E-state index in [9.17, 15) is 0 Å². The van der Waals surface area contributed by atoms with Gasteiger partial charge in [0.1, 0.15) is 0 Å². The maximum Gasteiger partial charge on any atom is 0.156 e. The Balaban J connectivity index is 2.72. The van der Waals surface area contributed by atoms with E-state index in [2.05, 4.69) is 10.2 Å². The van der Waals surface area contributed by atoms with Crippen molar-refractivity contribution in [2.75, 3.05) is 0 Å². The van der Waals surface area contributed by atoms with E-state index in [1.54, 1.807) is 9.36 Å². The fourth-order valence-corrected chi connectivity index (χ4v) is 2.14. The van der Waals surface area contributed by atoms with E-state index in [1.807, 2.05) is 27.8 Å². The standard InChI is InChI=1S/C11H16ClN5/c1-6-9(5-13)11(16(4)14-6)17-8(3)10(12)7(2)15-17/h5,13H2,1-4H3. The third kappa shape index (κ3) is 1.75. The van der Waals surface area contributed by atoms with Gasteiger partial charge in [0.05, 0.1) is 22.1 Å². The van der Waals surface area contributed by atoms with E-state index in [-0.39, 0.29) is 0 Å². The summed E-state index contributed by atoms with van der Waals surface area (Å²) >= 11 is 6.16. The van der Waals surface area contributed by atoms with Crippen molar-refractivity contribution in [2.24, 2.45) is 12.8 Å². The molecule has 0 saturated carbocycles. The molecule has 2 aromatic heterocycles. The van der Waals surface area contributed by atoms with Gasteiger partial charge in [0.15, 0.2) is 5.82 Å². The molecule has 0 aromatic carbocycles. The molecule has 0 aliphatic carbocycles. The fourth-order valence-electron chi connectivity index (χ4n) is 2.02. The van der Waals surface area contributed by atoms with Crippen molar-refractivity contribution in [3.8, 4) is 5.82 Å². The molecule has 2 aromatic rings. The second kappa shape index (κ2) is 4.16. The molecule has 0 bridgehead atoms. The summed E-state index contributed by atoms with van der Waals surface area (Å²) in [5.41, 5.74) is 9.41. The Morgan fingerprint density at radius 3 is 2.29 bits per heavy atom. The summed E-state index contributed by atoms with van der Waals surface area (Å²) in [6.45, 7) is 6.20. The Hall–Kier alpha value is -1.33. The normalized spacial score (nSPS) is 11.2. The average Bonchev–Trinajstić information content (AvgIpc) is 2.69. The van der Waals surface area contributed by atoms with Crippen molar-refractivity contribution in [2.45, 2.75) is 27.3 Å². The number of hydrogen-bond acceptors (Lipinski definition) is 3. The predicted molar refractivity (Wildman–Crippen MR) is 67.4 cm³/mol. The van der Waals surface area contributed by atoms with Crippen LogP contribution in [0.4, 0.5) is 0 Å². The third-order valence-electron chi connectivity index (χ3n) is 2.92. The maximum absolute atomic E-state index is 6.16. The summed E-state index contributed by atoms with van der Waals surface area (Å²) in [5.74, 6) is 0.887. The van der Waals surface area contributed by atoms with Gasteiger partial charge >= 0.3 is 0 Å². The summed E-state index contributed by atoms with van der Waals surface area (Å²) in [6, 6.07) is 0. The molecule has 0 radical (unpaired) electrons. The zero-order valence-corrected chi connectivity index (χ0v) is 11.2. The molecule has 0 amide bonds. The van der Waals surface area contributed by atoms with E-state index in [4.69, 9.17) is 17.3 Å². The Morgan fingerprint density at radius 1 is 1.18 bits per heavy atom. The number of rotatable bonds is 2. The molecule has 0 aliphatic rings. The van der Waals surface area contributed by atoms with Gasteiger partial charge in [0, 0.05) is 19.2 Å². The number of nitrogens with zero attached hydrogens (tertiary/aromatic N) is 4. The van der Waals surface area contributed by atoms with Crippen molar-refractivity contribution in [3.63, 3.8) is 0 Å². The van der Waals surface area contributed by atoms with E-state index in [1.165, 1.54) is 0 Å². The highest BCUT2D eigenvalue weighted by Crippen LogP contribution is 2.25. The minimum atomic E-state index is 0.435. The summed E-state index contributed by atoms with van der Waals surface area (Å²) in [5, 5.41) is 9.49. The predicted octanol–water partition coefficient (Wildman–Crippen LogP) is 1.64. The van der Waals surface area contributed by atoms with Crippen LogP contribution < -0.4 is 5.73 Å². The number of halogens is 1. The SMILES string of the molecule is Cc1nn(-c2c(CN)c(C)nn2C)c(C)c1Cl. The molecule has 6 heteroatoms. The quantitative estimate of drug-likeness (QED) is 0.885. The summed E-state index contributed by atoms with van der Waals surface area (Å²) < 4.78 is 3.59. The van der Waals surface area contributed by atoms with Gasteiger partial charge in [-0.1, -0.05) is 11.6 Å². The molecule has 0 saturated heterocycles. The van der Waals surface area contributed by atoms with Crippen LogP contribution in [0.15, 0.2) is 0 Å². The van der Waals surface area contributed by atoms with Gasteiger partial charge in [-0.25, -0.2) is 4.68 Å². The van der Waals surface area contributed by atoms with Crippen molar-refractivity contribution in [3.05, 3.63) is 27.7 Å². The van der Waals surface area contributed by atoms with Crippen LogP contribution in [0.5, 0.6) is 0 Å². The molecule has 17 heavy (non-hydrogen) atoms. The van der Waals surface area contributed by atoms with Gasteiger partial charge in [0.25, 0.3) is 0 Å². The van der Waals surface area contributed by atoms with Crippen molar-refractivity contribution >= 4 is 11.6 Å². The first kappa shape index (κ1) is 12.1. The minimum Gasteiger partial charge on any atom is -0.326 e. The van der Waals surface area contributed by atoms with Crippen molar-refractivity contribution in [1.82, 2.24) is 19.6 Å². The summed E-state index contributed by atoms with van der Waals surface area (Å²) in [4.78, 5) is 0. The lowest BCUT2D eigenvalue weighted by Gasteiger charge is -2.07. The first-order valence-corrected chi connectivity index (χ1v) is 5.79. The topological polar surface area (TPSA) is 61.7 Å². The third-order valence-corrected chi connectivity index (χ3v) is 3.47. The van der Waals surface area contributed by atoms with Crippen LogP contribution in [0.25, 0.3) is 5.82 Å². The Kier molecular flexibility index (Phi) is 2.97. The molecule has 0 aliphatic heterocycles. The highest BCUT2D eigenvalue weighted by atomic mass is 35.5. The van der Waals surface area contributed by atoms with Gasteiger partial charge in [-0.05, 0) is 20.8 Å². The lowest BCUT2D eigenvalue weighted by molar-refractivity contribution is 0.679. The van der Waals surface area contributed by atoms with E-state index < -0.39 is 0 Å². The lowest BCUT2D eigenvalue weighted by atomic mass is 10.2. The van der Waals surface area contributed by atoms with Gasteiger partial charge < -0.3 is 5.73 Å². The largest absolute Gasteiger partial charge is 0.326 e. The van der Waals surface area contributed by atoms with Crippen LogP contribution in [-0.4, -0.2) is 19.6 Å². The second-order valence-electron chi connectivity index (χ2n) is 4.11. The summed E-state index contributed by atoms with van der Waals surface area (Å²) in [6.07, 6.45) is 0.